The molecule has 2 N–H and O–H groups in total. The molecule has 0 aromatic heterocycles. The van der Waals surface area contributed by atoms with Gasteiger partial charge in [0.25, 0.3) is 0 Å². The maximum absolute atomic E-state index is 12.0. The Morgan fingerprint density at radius 2 is 1.88 bits per heavy atom. The standard InChI is InChI=1S/C12H18N2O2S/c1-9-7-10(2)12(8-11(9)13)14-5-3-4-6-17(14,15)16/h7-8H,3-6,13H2,1-2H3. The summed E-state index contributed by atoms with van der Waals surface area (Å²) in [5, 5.41) is 0. The van der Waals surface area contributed by atoms with Crippen molar-refractivity contribution < 1.29 is 8.42 Å². The lowest BCUT2D eigenvalue weighted by Gasteiger charge is -2.30. The van der Waals surface area contributed by atoms with Crippen LogP contribution in [0.4, 0.5) is 11.4 Å². The maximum Gasteiger partial charge on any atom is 0.235 e. The molecule has 17 heavy (non-hydrogen) atoms. The van der Waals surface area contributed by atoms with Crippen LogP contribution in [-0.2, 0) is 10.0 Å². The van der Waals surface area contributed by atoms with Crippen molar-refractivity contribution in [2.75, 3.05) is 22.3 Å². The van der Waals surface area contributed by atoms with E-state index in [1.165, 1.54) is 4.31 Å². The van der Waals surface area contributed by atoms with Crippen molar-refractivity contribution in [3.8, 4) is 0 Å². The number of nitrogens with two attached hydrogens (primary N) is 1. The van der Waals surface area contributed by atoms with Crippen molar-refractivity contribution >= 4 is 21.4 Å². The Labute approximate surface area is 102 Å². The fourth-order valence-electron chi connectivity index (χ4n) is 2.19. The normalized spacial score (nSPS) is 19.3. The molecule has 0 spiro atoms. The Kier molecular flexibility index (Phi) is 3.03. The van der Waals surface area contributed by atoms with Gasteiger partial charge in [-0.15, -0.1) is 0 Å². The van der Waals surface area contributed by atoms with Crippen molar-refractivity contribution in [1.82, 2.24) is 0 Å². The number of hydrogen-bond donors (Lipinski definition) is 1. The Morgan fingerprint density at radius 3 is 2.53 bits per heavy atom. The van der Waals surface area contributed by atoms with Crippen molar-refractivity contribution in [2.24, 2.45) is 0 Å². The van der Waals surface area contributed by atoms with Crippen LogP contribution >= 0.6 is 0 Å². The molecule has 1 aromatic carbocycles. The van der Waals surface area contributed by atoms with E-state index in [9.17, 15) is 8.42 Å². The quantitative estimate of drug-likeness (QED) is 0.777. The molecule has 1 aromatic rings. The minimum atomic E-state index is -3.15. The van der Waals surface area contributed by atoms with Gasteiger partial charge in [-0.05, 0) is 43.9 Å². The van der Waals surface area contributed by atoms with Gasteiger partial charge < -0.3 is 5.73 Å². The average molecular weight is 254 g/mol. The molecule has 0 atom stereocenters. The Morgan fingerprint density at radius 1 is 1.18 bits per heavy atom. The van der Waals surface area contributed by atoms with Gasteiger partial charge in [0, 0.05) is 12.2 Å². The highest BCUT2D eigenvalue weighted by molar-refractivity contribution is 7.92. The summed E-state index contributed by atoms with van der Waals surface area (Å²) in [5.41, 5.74) is 9.18. The number of anilines is 2. The van der Waals surface area contributed by atoms with Gasteiger partial charge in [0.15, 0.2) is 0 Å². The van der Waals surface area contributed by atoms with E-state index in [1.54, 1.807) is 6.07 Å². The highest BCUT2D eigenvalue weighted by Gasteiger charge is 2.27. The van der Waals surface area contributed by atoms with E-state index in [1.807, 2.05) is 19.9 Å². The van der Waals surface area contributed by atoms with E-state index >= 15 is 0 Å². The van der Waals surface area contributed by atoms with E-state index in [2.05, 4.69) is 0 Å². The lowest BCUT2D eigenvalue weighted by Crippen LogP contribution is -2.38. The number of sulfonamides is 1. The van der Waals surface area contributed by atoms with E-state index in [4.69, 9.17) is 5.73 Å². The minimum Gasteiger partial charge on any atom is -0.398 e. The van der Waals surface area contributed by atoms with Gasteiger partial charge in [0.05, 0.1) is 11.4 Å². The monoisotopic (exact) mass is 254 g/mol. The molecule has 0 unspecified atom stereocenters. The molecule has 1 saturated heterocycles. The fraction of sp³-hybridized carbons (Fsp3) is 0.500. The maximum atomic E-state index is 12.0. The van der Waals surface area contributed by atoms with Gasteiger partial charge >= 0.3 is 0 Å². The lowest BCUT2D eigenvalue weighted by molar-refractivity contribution is 0.574. The fourth-order valence-corrected chi connectivity index (χ4v) is 3.88. The lowest BCUT2D eigenvalue weighted by atomic mass is 10.1. The van der Waals surface area contributed by atoms with Gasteiger partial charge in [-0.25, -0.2) is 8.42 Å². The van der Waals surface area contributed by atoms with Gasteiger partial charge in [-0.2, -0.15) is 0 Å². The number of benzene rings is 1. The predicted octanol–water partition coefficient (Wildman–Crippen LogP) is 1.82. The summed E-state index contributed by atoms with van der Waals surface area (Å²) < 4.78 is 25.5. The molecular formula is C12H18N2O2S. The summed E-state index contributed by atoms with van der Waals surface area (Å²) in [7, 11) is -3.15. The zero-order valence-corrected chi connectivity index (χ0v) is 11.0. The number of aryl methyl sites for hydroxylation is 2. The molecule has 1 aliphatic rings. The summed E-state index contributed by atoms with van der Waals surface area (Å²) in [4.78, 5) is 0. The molecular weight excluding hydrogens is 236 g/mol. The van der Waals surface area contributed by atoms with Crippen LogP contribution in [0.1, 0.15) is 24.0 Å². The smallest absolute Gasteiger partial charge is 0.235 e. The summed E-state index contributed by atoms with van der Waals surface area (Å²) in [6.07, 6.45) is 1.66. The number of nitrogen functional groups attached to an aromatic ring is 1. The van der Waals surface area contributed by atoms with Crippen molar-refractivity contribution in [1.29, 1.82) is 0 Å². The molecule has 1 heterocycles. The van der Waals surface area contributed by atoms with E-state index < -0.39 is 10.0 Å². The van der Waals surface area contributed by atoms with Crippen LogP contribution in [0.25, 0.3) is 0 Å². The molecule has 0 amide bonds. The molecule has 2 rings (SSSR count). The molecule has 5 heteroatoms. The summed E-state index contributed by atoms with van der Waals surface area (Å²) in [6, 6.07) is 3.71. The number of hydrogen-bond acceptors (Lipinski definition) is 3. The number of rotatable bonds is 1. The second-order valence-electron chi connectivity index (χ2n) is 4.59. The van der Waals surface area contributed by atoms with E-state index in [0.717, 1.165) is 29.7 Å². The van der Waals surface area contributed by atoms with Crippen LogP contribution in [0.5, 0.6) is 0 Å². The molecule has 0 radical (unpaired) electrons. The van der Waals surface area contributed by atoms with Gasteiger partial charge in [-0.3, -0.25) is 4.31 Å². The van der Waals surface area contributed by atoms with Crippen molar-refractivity contribution in [3.63, 3.8) is 0 Å². The zero-order chi connectivity index (χ0) is 12.6. The molecule has 4 nitrogen and oxygen atoms in total. The van der Waals surface area contributed by atoms with Crippen LogP contribution in [0, 0.1) is 13.8 Å². The Bertz CT molecular complexity index is 538. The average Bonchev–Trinajstić information content (AvgIpc) is 2.23. The third-order valence-electron chi connectivity index (χ3n) is 3.20. The van der Waals surface area contributed by atoms with Crippen LogP contribution in [0.2, 0.25) is 0 Å². The van der Waals surface area contributed by atoms with Crippen LogP contribution in [0.15, 0.2) is 12.1 Å². The molecule has 0 bridgehead atoms. The highest BCUT2D eigenvalue weighted by Crippen LogP contribution is 2.30. The van der Waals surface area contributed by atoms with E-state index in [0.29, 0.717) is 12.2 Å². The second kappa shape index (κ2) is 4.22. The van der Waals surface area contributed by atoms with Crippen molar-refractivity contribution in [2.45, 2.75) is 26.7 Å². The third kappa shape index (κ3) is 2.24. The largest absolute Gasteiger partial charge is 0.398 e. The summed E-state index contributed by atoms with van der Waals surface area (Å²) in [6.45, 7) is 4.41. The second-order valence-corrected chi connectivity index (χ2v) is 6.60. The molecule has 94 valence electrons. The van der Waals surface area contributed by atoms with Crippen LogP contribution in [0.3, 0.4) is 0 Å². The molecule has 1 aliphatic heterocycles. The molecule has 1 fully saturated rings. The van der Waals surface area contributed by atoms with Gasteiger partial charge in [-0.1, -0.05) is 6.07 Å². The van der Waals surface area contributed by atoms with Crippen LogP contribution in [-0.4, -0.2) is 20.7 Å². The SMILES string of the molecule is Cc1cc(C)c(N2CCCCS2(=O)=O)cc1N. The van der Waals surface area contributed by atoms with Gasteiger partial charge in [0.1, 0.15) is 0 Å². The Balaban J connectivity index is 2.50. The summed E-state index contributed by atoms with van der Waals surface area (Å²) >= 11 is 0. The van der Waals surface area contributed by atoms with E-state index in [-0.39, 0.29) is 5.75 Å². The minimum absolute atomic E-state index is 0.236. The first-order valence-electron chi connectivity index (χ1n) is 5.79. The van der Waals surface area contributed by atoms with Crippen LogP contribution < -0.4 is 10.0 Å². The first kappa shape index (κ1) is 12.2. The topological polar surface area (TPSA) is 63.4 Å². The Hall–Kier alpha value is -1.23. The number of nitrogens with zero attached hydrogens (tertiary/aromatic N) is 1. The first-order chi connectivity index (χ1) is 7.92. The zero-order valence-electron chi connectivity index (χ0n) is 10.2. The third-order valence-corrected chi connectivity index (χ3v) is 5.06. The summed E-state index contributed by atoms with van der Waals surface area (Å²) in [5.74, 6) is 0.236. The highest BCUT2D eigenvalue weighted by atomic mass is 32.2. The van der Waals surface area contributed by atoms with Gasteiger partial charge in [0.2, 0.25) is 10.0 Å². The predicted molar refractivity (Wildman–Crippen MR) is 70.7 cm³/mol. The molecule has 0 saturated carbocycles. The first-order valence-corrected chi connectivity index (χ1v) is 7.40. The van der Waals surface area contributed by atoms with Crippen molar-refractivity contribution in [3.05, 3.63) is 23.3 Å². The molecule has 0 aliphatic carbocycles.